The normalized spacial score (nSPS) is 21.7. The van der Waals surface area contributed by atoms with E-state index >= 15 is 0 Å². The van der Waals surface area contributed by atoms with Crippen LogP contribution in [0.15, 0.2) is 24.4 Å². The molecule has 6 nitrogen and oxygen atoms in total. The molecule has 120 valence electrons. The van der Waals surface area contributed by atoms with Gasteiger partial charge in [-0.05, 0) is 43.7 Å². The molecule has 0 saturated heterocycles. The molecular formula is C17H22N6. The minimum Gasteiger partial charge on any atom is -0.365 e. The third-order valence-electron chi connectivity index (χ3n) is 4.75. The fraction of sp³-hybridized carbons (Fsp3) is 0.471. The average Bonchev–Trinajstić information content (AvgIpc) is 2.96. The number of nitrogens with one attached hydrogen (secondary N) is 2. The summed E-state index contributed by atoms with van der Waals surface area (Å²) < 4.78 is 1.87. The fourth-order valence-corrected chi connectivity index (χ4v) is 3.36. The van der Waals surface area contributed by atoms with Gasteiger partial charge in [-0.15, -0.1) is 0 Å². The van der Waals surface area contributed by atoms with Crippen molar-refractivity contribution < 1.29 is 0 Å². The van der Waals surface area contributed by atoms with Crippen LogP contribution in [0.4, 0.5) is 11.8 Å². The zero-order valence-electron chi connectivity index (χ0n) is 13.6. The van der Waals surface area contributed by atoms with Gasteiger partial charge >= 0.3 is 0 Å². The van der Waals surface area contributed by atoms with Crippen LogP contribution in [0, 0.1) is 5.92 Å². The Morgan fingerprint density at radius 1 is 1.09 bits per heavy atom. The van der Waals surface area contributed by atoms with E-state index < -0.39 is 0 Å². The van der Waals surface area contributed by atoms with E-state index in [-0.39, 0.29) is 0 Å². The molecule has 1 fully saturated rings. The molecule has 1 aliphatic carbocycles. The Hall–Kier alpha value is -2.37. The van der Waals surface area contributed by atoms with Crippen LogP contribution in [0.5, 0.6) is 0 Å². The third kappa shape index (κ3) is 2.58. The Balaban J connectivity index is 1.78. The molecule has 1 aliphatic rings. The first-order valence-electron chi connectivity index (χ1n) is 8.34. The van der Waals surface area contributed by atoms with E-state index in [2.05, 4.69) is 32.6 Å². The third-order valence-corrected chi connectivity index (χ3v) is 4.75. The number of rotatable bonds is 3. The largest absolute Gasteiger partial charge is 0.365 e. The second kappa shape index (κ2) is 5.68. The summed E-state index contributed by atoms with van der Waals surface area (Å²) in [7, 11) is 1.85. The predicted molar refractivity (Wildman–Crippen MR) is 92.9 cm³/mol. The molecule has 0 aromatic carbocycles. The number of aromatic nitrogens is 4. The Kier molecular flexibility index (Phi) is 3.52. The molecule has 0 spiro atoms. The van der Waals surface area contributed by atoms with Crippen LogP contribution in [-0.2, 0) is 0 Å². The van der Waals surface area contributed by atoms with Crippen molar-refractivity contribution in [2.45, 2.75) is 38.6 Å². The summed E-state index contributed by atoms with van der Waals surface area (Å²) in [4.78, 5) is 9.22. The lowest BCUT2D eigenvalue weighted by Crippen LogP contribution is -2.26. The van der Waals surface area contributed by atoms with Gasteiger partial charge in [0.2, 0.25) is 5.95 Å². The van der Waals surface area contributed by atoms with Crippen LogP contribution in [0.25, 0.3) is 16.6 Å². The van der Waals surface area contributed by atoms with Crippen LogP contribution >= 0.6 is 0 Å². The van der Waals surface area contributed by atoms with Gasteiger partial charge < -0.3 is 10.6 Å². The molecule has 0 bridgehead atoms. The van der Waals surface area contributed by atoms with Gasteiger partial charge in [0, 0.05) is 19.3 Å². The summed E-state index contributed by atoms with van der Waals surface area (Å²) in [6, 6.07) is 6.49. The molecule has 23 heavy (non-hydrogen) atoms. The lowest BCUT2D eigenvalue weighted by atomic mass is 9.87. The summed E-state index contributed by atoms with van der Waals surface area (Å²) in [6.07, 6.45) is 6.87. The lowest BCUT2D eigenvalue weighted by molar-refractivity contribution is 0.361. The van der Waals surface area contributed by atoms with Crippen molar-refractivity contribution in [2.75, 3.05) is 17.7 Å². The van der Waals surface area contributed by atoms with Crippen molar-refractivity contribution >= 4 is 28.3 Å². The Bertz CT molecular complexity index is 832. The minimum atomic E-state index is 0.471. The van der Waals surface area contributed by atoms with Crippen LogP contribution in [-0.4, -0.2) is 32.7 Å². The van der Waals surface area contributed by atoms with E-state index in [1.165, 1.54) is 25.7 Å². The molecule has 3 aromatic heterocycles. The zero-order chi connectivity index (χ0) is 15.8. The Labute approximate surface area is 135 Å². The van der Waals surface area contributed by atoms with Crippen LogP contribution in [0.3, 0.4) is 0 Å². The van der Waals surface area contributed by atoms with Crippen molar-refractivity contribution in [2.24, 2.45) is 5.92 Å². The van der Waals surface area contributed by atoms with E-state index in [1.807, 2.05) is 36.0 Å². The monoisotopic (exact) mass is 310 g/mol. The molecule has 0 aliphatic heterocycles. The molecule has 0 atom stereocenters. The first kappa shape index (κ1) is 14.2. The number of nitrogens with zero attached hydrogens (tertiary/aromatic N) is 4. The highest BCUT2D eigenvalue weighted by atomic mass is 15.3. The highest BCUT2D eigenvalue weighted by Gasteiger charge is 2.21. The smallest absolute Gasteiger partial charge is 0.225 e. The van der Waals surface area contributed by atoms with Crippen LogP contribution in [0.2, 0.25) is 0 Å². The summed E-state index contributed by atoms with van der Waals surface area (Å²) in [5, 5.41) is 11.3. The summed E-state index contributed by atoms with van der Waals surface area (Å²) >= 11 is 0. The van der Waals surface area contributed by atoms with Gasteiger partial charge in [0.1, 0.15) is 5.52 Å². The molecule has 3 aromatic rings. The standard InChI is InChI=1S/C17H22N6/c1-11-6-8-12(9-7-11)19-16-15-14(20-17(18-2)21-16)13-5-3-4-10-23(13)22-15/h3-5,10-12H,6-9H2,1-2H3,(H2,18,19,20,21). The van der Waals surface area contributed by atoms with Gasteiger partial charge in [-0.3, -0.25) is 0 Å². The summed E-state index contributed by atoms with van der Waals surface area (Å²) in [6.45, 7) is 2.33. The zero-order valence-corrected chi connectivity index (χ0v) is 13.6. The quantitative estimate of drug-likeness (QED) is 0.777. The molecule has 0 unspecified atom stereocenters. The van der Waals surface area contributed by atoms with Gasteiger partial charge in [0.05, 0.1) is 5.52 Å². The maximum atomic E-state index is 4.67. The van der Waals surface area contributed by atoms with E-state index in [0.29, 0.717) is 12.0 Å². The Morgan fingerprint density at radius 2 is 1.91 bits per heavy atom. The minimum absolute atomic E-state index is 0.471. The second-order valence-corrected chi connectivity index (χ2v) is 6.47. The van der Waals surface area contributed by atoms with Crippen molar-refractivity contribution in [1.82, 2.24) is 19.6 Å². The first-order chi connectivity index (χ1) is 11.2. The van der Waals surface area contributed by atoms with Gasteiger partial charge in [0.15, 0.2) is 11.3 Å². The number of hydrogen-bond acceptors (Lipinski definition) is 5. The van der Waals surface area contributed by atoms with Gasteiger partial charge in [0.25, 0.3) is 0 Å². The molecular weight excluding hydrogens is 288 g/mol. The van der Waals surface area contributed by atoms with E-state index in [1.54, 1.807) is 0 Å². The van der Waals surface area contributed by atoms with Crippen molar-refractivity contribution in [3.05, 3.63) is 24.4 Å². The molecule has 2 N–H and O–H groups in total. The molecule has 1 saturated carbocycles. The van der Waals surface area contributed by atoms with Crippen molar-refractivity contribution in [3.8, 4) is 0 Å². The van der Waals surface area contributed by atoms with Crippen molar-refractivity contribution in [1.29, 1.82) is 0 Å². The highest BCUT2D eigenvalue weighted by molar-refractivity contribution is 5.97. The van der Waals surface area contributed by atoms with E-state index in [4.69, 9.17) is 0 Å². The maximum Gasteiger partial charge on any atom is 0.225 e. The molecule has 0 radical (unpaired) electrons. The van der Waals surface area contributed by atoms with Crippen LogP contribution in [0.1, 0.15) is 32.6 Å². The molecule has 3 heterocycles. The van der Waals surface area contributed by atoms with Crippen molar-refractivity contribution in [3.63, 3.8) is 0 Å². The topological polar surface area (TPSA) is 67.1 Å². The number of pyridine rings is 1. The fourth-order valence-electron chi connectivity index (χ4n) is 3.36. The van der Waals surface area contributed by atoms with E-state index in [9.17, 15) is 0 Å². The predicted octanol–water partition coefficient (Wildman–Crippen LogP) is 3.31. The highest BCUT2D eigenvalue weighted by Crippen LogP contribution is 2.29. The van der Waals surface area contributed by atoms with Gasteiger partial charge in [-0.1, -0.05) is 13.0 Å². The SMILES string of the molecule is CNc1nc(NC2CCC(C)CC2)c2nn3ccccc3c2n1. The summed E-state index contributed by atoms with van der Waals surface area (Å²) in [5.41, 5.74) is 2.73. The Morgan fingerprint density at radius 3 is 2.70 bits per heavy atom. The number of anilines is 2. The molecule has 0 amide bonds. The molecule has 4 rings (SSSR count). The van der Waals surface area contributed by atoms with Crippen LogP contribution < -0.4 is 10.6 Å². The van der Waals surface area contributed by atoms with E-state index in [0.717, 1.165) is 28.3 Å². The average molecular weight is 310 g/mol. The number of hydrogen-bond donors (Lipinski definition) is 2. The summed E-state index contributed by atoms with van der Waals surface area (Å²) in [5.74, 6) is 2.30. The van der Waals surface area contributed by atoms with Gasteiger partial charge in [-0.2, -0.15) is 10.1 Å². The molecule has 6 heteroatoms. The second-order valence-electron chi connectivity index (χ2n) is 6.47. The first-order valence-corrected chi connectivity index (χ1v) is 8.34. The maximum absolute atomic E-state index is 4.67. The van der Waals surface area contributed by atoms with Gasteiger partial charge in [-0.25, -0.2) is 9.50 Å². The lowest BCUT2D eigenvalue weighted by Gasteiger charge is -2.27. The number of fused-ring (bicyclic) bond motifs is 3.